The lowest BCUT2D eigenvalue weighted by molar-refractivity contribution is -0.113. The van der Waals surface area contributed by atoms with E-state index in [2.05, 4.69) is 0 Å². The van der Waals surface area contributed by atoms with Gasteiger partial charge in [0.2, 0.25) is 0 Å². The Kier molecular flexibility index (Phi) is 3.83. The molecule has 0 atom stereocenters. The summed E-state index contributed by atoms with van der Waals surface area (Å²) in [6, 6.07) is 6.15. The molecule has 1 saturated heterocycles. The van der Waals surface area contributed by atoms with Gasteiger partial charge in [0, 0.05) is 0 Å². The maximum Gasteiger partial charge on any atom is 0.376 e. The molecule has 2 rings (SSSR count). The van der Waals surface area contributed by atoms with Gasteiger partial charge in [0.15, 0.2) is 0 Å². The minimum absolute atomic E-state index is 0.291. The normalized spacial score (nSPS) is 19.5. The van der Waals surface area contributed by atoms with Crippen molar-refractivity contribution in [2.75, 3.05) is 13.1 Å². The number of halogens is 1. The highest BCUT2D eigenvalue weighted by Gasteiger charge is 2.37. The topological polar surface area (TPSA) is 40.5 Å². The summed E-state index contributed by atoms with van der Waals surface area (Å²) in [6.07, 6.45) is 2.29. The molecule has 1 fully saturated rings. The van der Waals surface area contributed by atoms with Crippen molar-refractivity contribution in [3.63, 3.8) is 0 Å². The Bertz CT molecular complexity index is 414. The maximum atomic E-state index is 12.9. The summed E-state index contributed by atoms with van der Waals surface area (Å²) in [7, 11) is -0.483. The zero-order valence-electron chi connectivity index (χ0n) is 10.5. The predicted octanol–water partition coefficient (Wildman–Crippen LogP) is 1.47. The van der Waals surface area contributed by atoms with Crippen LogP contribution in [0.2, 0.25) is 6.82 Å². The van der Waals surface area contributed by atoms with Crippen molar-refractivity contribution in [1.82, 2.24) is 4.81 Å². The molecule has 1 aliphatic heterocycles. The van der Waals surface area contributed by atoms with Gasteiger partial charge in [-0.05, 0) is 50.5 Å². The molecule has 0 aliphatic carbocycles. The second-order valence-electron chi connectivity index (χ2n) is 4.95. The molecule has 0 spiro atoms. The Hall–Kier alpha value is -1.20. The Balaban J connectivity index is 2.18. The second kappa shape index (κ2) is 5.20. The third-order valence-electron chi connectivity index (χ3n) is 3.86. The quantitative estimate of drug-likeness (QED) is 0.651. The van der Waals surface area contributed by atoms with Crippen LogP contribution in [0.4, 0.5) is 4.39 Å². The zero-order chi connectivity index (χ0) is 13.2. The van der Waals surface area contributed by atoms with Crippen LogP contribution in [0.15, 0.2) is 24.3 Å². The number of hydrogen-bond donors (Lipinski definition) is 1. The van der Waals surface area contributed by atoms with Crippen LogP contribution in [0.1, 0.15) is 18.4 Å². The van der Waals surface area contributed by atoms with E-state index in [1.165, 1.54) is 12.1 Å². The molecule has 1 heterocycles. The standard InChI is InChI=1S/C13H17BFNO2/c1-14(18)16-8-6-13(10-17,7-9-16)11-2-4-12(15)5-3-11/h2-5,10,18H,6-9H2,1H3. The van der Waals surface area contributed by atoms with Crippen molar-refractivity contribution in [3.05, 3.63) is 35.6 Å². The molecule has 0 saturated carbocycles. The molecule has 1 aliphatic rings. The molecule has 0 aromatic heterocycles. The van der Waals surface area contributed by atoms with Gasteiger partial charge in [-0.15, -0.1) is 0 Å². The first-order chi connectivity index (χ1) is 8.57. The van der Waals surface area contributed by atoms with Crippen LogP contribution in [0, 0.1) is 5.82 Å². The van der Waals surface area contributed by atoms with Crippen LogP contribution in [0.5, 0.6) is 0 Å². The van der Waals surface area contributed by atoms with Gasteiger partial charge in [0.25, 0.3) is 0 Å². The maximum absolute atomic E-state index is 12.9. The van der Waals surface area contributed by atoms with Crippen molar-refractivity contribution in [3.8, 4) is 0 Å². The average molecular weight is 249 g/mol. The van der Waals surface area contributed by atoms with E-state index in [-0.39, 0.29) is 5.82 Å². The average Bonchev–Trinajstić information content (AvgIpc) is 2.39. The summed E-state index contributed by atoms with van der Waals surface area (Å²) < 4.78 is 12.9. The van der Waals surface area contributed by atoms with E-state index in [0.717, 1.165) is 11.8 Å². The molecule has 0 radical (unpaired) electrons. The lowest BCUT2D eigenvalue weighted by Gasteiger charge is -2.39. The van der Waals surface area contributed by atoms with Crippen LogP contribution in [0.3, 0.4) is 0 Å². The van der Waals surface area contributed by atoms with E-state index in [0.29, 0.717) is 25.9 Å². The molecular weight excluding hydrogens is 232 g/mol. The van der Waals surface area contributed by atoms with E-state index < -0.39 is 12.5 Å². The highest BCUT2D eigenvalue weighted by atomic mass is 19.1. The van der Waals surface area contributed by atoms with Gasteiger partial charge < -0.3 is 14.6 Å². The molecule has 1 aromatic carbocycles. The molecule has 1 aromatic rings. The van der Waals surface area contributed by atoms with Crippen LogP contribution >= 0.6 is 0 Å². The van der Waals surface area contributed by atoms with Crippen LogP contribution in [-0.2, 0) is 10.2 Å². The van der Waals surface area contributed by atoms with Crippen molar-refractivity contribution in [2.45, 2.75) is 25.1 Å². The lowest BCUT2D eigenvalue weighted by atomic mass is 9.71. The minimum Gasteiger partial charge on any atom is -0.437 e. The summed E-state index contributed by atoms with van der Waals surface area (Å²) in [5.74, 6) is -0.291. The van der Waals surface area contributed by atoms with Gasteiger partial charge in [0.1, 0.15) is 12.1 Å². The number of carbonyl (C=O) groups is 1. The van der Waals surface area contributed by atoms with Gasteiger partial charge >= 0.3 is 7.05 Å². The first-order valence-electron chi connectivity index (χ1n) is 6.22. The minimum atomic E-state index is -0.529. The largest absolute Gasteiger partial charge is 0.437 e. The van der Waals surface area contributed by atoms with Gasteiger partial charge in [-0.1, -0.05) is 12.1 Å². The van der Waals surface area contributed by atoms with E-state index in [9.17, 15) is 14.2 Å². The Morgan fingerprint density at radius 1 is 1.33 bits per heavy atom. The number of carbonyl (C=O) groups excluding carboxylic acids is 1. The molecule has 5 heteroatoms. The lowest BCUT2D eigenvalue weighted by Crippen LogP contribution is -2.48. The third-order valence-corrected chi connectivity index (χ3v) is 3.86. The number of hydrogen-bond acceptors (Lipinski definition) is 3. The van der Waals surface area contributed by atoms with Gasteiger partial charge in [-0.25, -0.2) is 4.39 Å². The Morgan fingerprint density at radius 3 is 2.33 bits per heavy atom. The van der Waals surface area contributed by atoms with Gasteiger partial charge in [0.05, 0.1) is 5.41 Å². The summed E-state index contributed by atoms with van der Waals surface area (Å²) >= 11 is 0. The molecule has 0 bridgehead atoms. The van der Waals surface area contributed by atoms with E-state index in [4.69, 9.17) is 0 Å². The number of piperidine rings is 1. The molecule has 18 heavy (non-hydrogen) atoms. The summed E-state index contributed by atoms with van der Waals surface area (Å²) in [4.78, 5) is 13.4. The van der Waals surface area contributed by atoms with Crippen molar-refractivity contribution in [1.29, 1.82) is 0 Å². The zero-order valence-corrected chi connectivity index (χ0v) is 10.5. The third kappa shape index (κ3) is 2.47. The monoisotopic (exact) mass is 249 g/mol. The summed E-state index contributed by atoms with van der Waals surface area (Å²) in [5.41, 5.74) is 0.336. The number of benzene rings is 1. The Morgan fingerprint density at radius 2 is 1.89 bits per heavy atom. The fourth-order valence-electron chi connectivity index (χ4n) is 2.55. The predicted molar refractivity (Wildman–Crippen MR) is 68.8 cm³/mol. The number of nitrogens with zero attached hydrogens (tertiary/aromatic N) is 1. The van der Waals surface area contributed by atoms with Crippen LogP contribution < -0.4 is 0 Å². The van der Waals surface area contributed by atoms with E-state index in [1.807, 2.05) is 4.81 Å². The van der Waals surface area contributed by atoms with Crippen molar-refractivity contribution >= 4 is 13.3 Å². The first-order valence-corrected chi connectivity index (χ1v) is 6.22. The molecular formula is C13H17BFNO2. The molecule has 0 unspecified atom stereocenters. The van der Waals surface area contributed by atoms with Gasteiger partial charge in [-0.2, -0.15) is 0 Å². The van der Waals surface area contributed by atoms with Crippen molar-refractivity contribution in [2.24, 2.45) is 0 Å². The second-order valence-corrected chi connectivity index (χ2v) is 4.95. The fourth-order valence-corrected chi connectivity index (χ4v) is 2.55. The summed E-state index contributed by atoms with van der Waals surface area (Å²) in [6.45, 7) is 3.08. The van der Waals surface area contributed by atoms with Crippen LogP contribution in [0.25, 0.3) is 0 Å². The molecule has 0 amide bonds. The molecule has 96 valence electrons. The SMILES string of the molecule is CB(O)N1CCC(C=O)(c2ccc(F)cc2)CC1. The van der Waals surface area contributed by atoms with Crippen LogP contribution in [-0.4, -0.2) is 36.3 Å². The smallest absolute Gasteiger partial charge is 0.376 e. The van der Waals surface area contributed by atoms with Gasteiger partial charge in [-0.3, -0.25) is 0 Å². The molecule has 3 nitrogen and oxygen atoms in total. The number of rotatable bonds is 3. The first kappa shape index (κ1) is 13.2. The van der Waals surface area contributed by atoms with E-state index >= 15 is 0 Å². The highest BCUT2D eigenvalue weighted by Crippen LogP contribution is 2.33. The van der Waals surface area contributed by atoms with E-state index in [1.54, 1.807) is 19.0 Å². The highest BCUT2D eigenvalue weighted by molar-refractivity contribution is 6.45. The number of aldehydes is 1. The molecule has 1 N–H and O–H groups in total. The Labute approximate surface area is 107 Å². The summed E-state index contributed by atoms with van der Waals surface area (Å²) in [5, 5.41) is 9.52. The van der Waals surface area contributed by atoms with Crippen molar-refractivity contribution < 1.29 is 14.2 Å². The fraction of sp³-hybridized carbons (Fsp3) is 0.462.